The second-order valence-electron chi connectivity index (χ2n) is 5.26. The normalized spacial score (nSPS) is 16.7. The number of hydrogen-bond donors (Lipinski definition) is 0. The van der Waals surface area contributed by atoms with Gasteiger partial charge in [0.15, 0.2) is 0 Å². The molecular formula is C14H14BrF4NO. The van der Waals surface area contributed by atoms with E-state index in [9.17, 15) is 22.4 Å². The number of alkyl halides is 3. The quantitative estimate of drug-likeness (QED) is 0.722. The predicted octanol–water partition coefficient (Wildman–Crippen LogP) is 4.39. The molecule has 1 aromatic rings. The highest BCUT2D eigenvalue weighted by molar-refractivity contribution is 9.10. The molecule has 1 aromatic carbocycles. The maximum Gasteiger partial charge on any atom is 0.406 e. The molecule has 0 saturated heterocycles. The highest BCUT2D eigenvalue weighted by Crippen LogP contribution is 2.36. The Morgan fingerprint density at radius 3 is 2.52 bits per heavy atom. The first-order chi connectivity index (χ1) is 9.69. The summed E-state index contributed by atoms with van der Waals surface area (Å²) in [7, 11) is 0. The van der Waals surface area contributed by atoms with E-state index < -0.39 is 30.5 Å². The molecule has 116 valence electrons. The highest BCUT2D eigenvalue weighted by Gasteiger charge is 2.40. The van der Waals surface area contributed by atoms with E-state index in [1.165, 1.54) is 12.1 Å². The minimum atomic E-state index is -4.48. The lowest BCUT2D eigenvalue weighted by Crippen LogP contribution is -2.45. The van der Waals surface area contributed by atoms with Gasteiger partial charge in [0.2, 0.25) is 0 Å². The summed E-state index contributed by atoms with van der Waals surface area (Å²) < 4.78 is 51.7. The fourth-order valence-corrected chi connectivity index (χ4v) is 2.47. The predicted molar refractivity (Wildman–Crippen MR) is 73.4 cm³/mol. The van der Waals surface area contributed by atoms with Crippen LogP contribution in [-0.2, 0) is 0 Å². The first-order valence-corrected chi connectivity index (χ1v) is 7.31. The smallest absolute Gasteiger partial charge is 0.327 e. The number of carbonyl (C=O) groups excluding carboxylic acids is 1. The van der Waals surface area contributed by atoms with Crippen LogP contribution in [-0.4, -0.2) is 29.6 Å². The third kappa shape index (κ3) is 4.18. The van der Waals surface area contributed by atoms with E-state index in [4.69, 9.17) is 0 Å². The van der Waals surface area contributed by atoms with Crippen molar-refractivity contribution in [3.8, 4) is 0 Å². The number of carbonyl (C=O) groups is 1. The molecule has 2 nitrogen and oxygen atoms in total. The molecule has 0 N–H and O–H groups in total. The van der Waals surface area contributed by atoms with Crippen LogP contribution in [0, 0.1) is 11.7 Å². The average molecular weight is 368 g/mol. The Labute approximate surface area is 128 Å². The lowest BCUT2D eigenvalue weighted by molar-refractivity contribution is -0.144. The molecule has 21 heavy (non-hydrogen) atoms. The van der Waals surface area contributed by atoms with E-state index in [1.54, 1.807) is 6.92 Å². The minimum Gasteiger partial charge on any atom is -0.327 e. The minimum absolute atomic E-state index is 0.0764. The number of nitrogens with zero attached hydrogens (tertiary/aromatic N) is 1. The average Bonchev–Trinajstić information content (AvgIpc) is 3.21. The van der Waals surface area contributed by atoms with Gasteiger partial charge in [0.05, 0.1) is 4.47 Å². The van der Waals surface area contributed by atoms with Crippen LogP contribution in [0.5, 0.6) is 0 Å². The molecule has 0 bridgehead atoms. The Hall–Kier alpha value is -1.11. The van der Waals surface area contributed by atoms with E-state index in [-0.39, 0.29) is 16.0 Å². The van der Waals surface area contributed by atoms with E-state index in [2.05, 4.69) is 15.9 Å². The maximum atomic E-state index is 13.5. The van der Waals surface area contributed by atoms with Gasteiger partial charge in [-0.2, -0.15) is 13.2 Å². The van der Waals surface area contributed by atoms with Crippen molar-refractivity contribution in [2.45, 2.75) is 32.0 Å². The summed E-state index contributed by atoms with van der Waals surface area (Å²) in [6, 6.07) is 3.08. The molecule has 1 unspecified atom stereocenters. The van der Waals surface area contributed by atoms with Gasteiger partial charge in [-0.15, -0.1) is 0 Å². The summed E-state index contributed by atoms with van der Waals surface area (Å²) >= 11 is 2.95. The molecule has 1 atom stereocenters. The van der Waals surface area contributed by atoms with Gasteiger partial charge in [0.1, 0.15) is 12.4 Å². The number of hydrogen-bond acceptors (Lipinski definition) is 1. The van der Waals surface area contributed by atoms with Crippen LogP contribution < -0.4 is 0 Å². The zero-order valence-electron chi connectivity index (χ0n) is 11.3. The van der Waals surface area contributed by atoms with Gasteiger partial charge in [-0.05, 0) is 59.8 Å². The molecular weight excluding hydrogens is 354 g/mol. The van der Waals surface area contributed by atoms with Crippen molar-refractivity contribution in [2.75, 3.05) is 6.54 Å². The summed E-state index contributed by atoms with van der Waals surface area (Å²) in [6.07, 6.45) is -2.85. The van der Waals surface area contributed by atoms with Crippen molar-refractivity contribution in [1.29, 1.82) is 0 Å². The van der Waals surface area contributed by atoms with Crippen molar-refractivity contribution < 1.29 is 22.4 Å². The summed E-state index contributed by atoms with van der Waals surface area (Å²) in [5.41, 5.74) is -0.0764. The molecule has 2 rings (SSSR count). The first-order valence-electron chi connectivity index (χ1n) is 6.52. The van der Waals surface area contributed by atoms with E-state index in [0.29, 0.717) is 0 Å². The van der Waals surface area contributed by atoms with Gasteiger partial charge >= 0.3 is 6.18 Å². The number of rotatable bonds is 4. The van der Waals surface area contributed by atoms with Crippen LogP contribution in [0.1, 0.15) is 30.1 Å². The summed E-state index contributed by atoms with van der Waals surface area (Å²) in [4.78, 5) is 13.1. The van der Waals surface area contributed by atoms with Crippen LogP contribution in [0.3, 0.4) is 0 Å². The van der Waals surface area contributed by atoms with Gasteiger partial charge in [0.25, 0.3) is 5.91 Å². The molecule has 1 aliphatic carbocycles. The Morgan fingerprint density at radius 2 is 2.05 bits per heavy atom. The second-order valence-corrected chi connectivity index (χ2v) is 6.11. The van der Waals surface area contributed by atoms with Crippen molar-refractivity contribution in [3.63, 3.8) is 0 Å². The molecule has 0 aliphatic heterocycles. The summed E-state index contributed by atoms with van der Waals surface area (Å²) in [6.45, 7) is 0.289. The number of halogens is 5. The van der Waals surface area contributed by atoms with Gasteiger partial charge < -0.3 is 4.90 Å². The highest BCUT2D eigenvalue weighted by atomic mass is 79.9. The zero-order chi connectivity index (χ0) is 15.8. The summed E-state index contributed by atoms with van der Waals surface area (Å²) in [5.74, 6) is -1.37. The van der Waals surface area contributed by atoms with E-state index in [0.717, 1.165) is 23.8 Å². The Balaban J connectivity index is 2.25. The molecule has 0 aromatic heterocycles. The lowest BCUT2D eigenvalue weighted by Gasteiger charge is -2.30. The number of amides is 1. The molecule has 1 saturated carbocycles. The van der Waals surface area contributed by atoms with Crippen molar-refractivity contribution in [2.24, 2.45) is 5.92 Å². The van der Waals surface area contributed by atoms with Gasteiger partial charge in [0, 0.05) is 11.6 Å². The molecule has 1 amide bonds. The third-order valence-electron chi connectivity index (χ3n) is 3.57. The molecule has 0 heterocycles. The lowest BCUT2D eigenvalue weighted by atomic mass is 10.1. The Kier molecular flexibility index (Phi) is 4.60. The SMILES string of the molecule is CC(C1CC1)N(CC(F)(F)F)C(=O)c1ccc(Br)c(F)c1. The second kappa shape index (κ2) is 5.94. The van der Waals surface area contributed by atoms with Crippen LogP contribution in [0.2, 0.25) is 0 Å². The Morgan fingerprint density at radius 1 is 1.43 bits per heavy atom. The largest absolute Gasteiger partial charge is 0.406 e. The first kappa shape index (κ1) is 16.3. The zero-order valence-corrected chi connectivity index (χ0v) is 12.8. The van der Waals surface area contributed by atoms with E-state index >= 15 is 0 Å². The van der Waals surface area contributed by atoms with Gasteiger partial charge in [-0.3, -0.25) is 4.79 Å². The van der Waals surface area contributed by atoms with Crippen molar-refractivity contribution in [1.82, 2.24) is 4.90 Å². The maximum absolute atomic E-state index is 13.5. The monoisotopic (exact) mass is 367 g/mol. The Bertz CT molecular complexity index is 542. The summed E-state index contributed by atoms with van der Waals surface area (Å²) in [5, 5.41) is 0. The van der Waals surface area contributed by atoms with Gasteiger partial charge in [-0.1, -0.05) is 0 Å². The van der Waals surface area contributed by atoms with Crippen molar-refractivity contribution >= 4 is 21.8 Å². The van der Waals surface area contributed by atoms with Gasteiger partial charge in [-0.25, -0.2) is 4.39 Å². The van der Waals surface area contributed by atoms with Crippen molar-refractivity contribution in [3.05, 3.63) is 34.1 Å². The number of benzene rings is 1. The van der Waals surface area contributed by atoms with Crippen LogP contribution in [0.15, 0.2) is 22.7 Å². The molecule has 1 fully saturated rings. The molecule has 0 radical (unpaired) electrons. The fraction of sp³-hybridized carbons (Fsp3) is 0.500. The third-order valence-corrected chi connectivity index (χ3v) is 4.22. The van der Waals surface area contributed by atoms with Crippen LogP contribution in [0.4, 0.5) is 17.6 Å². The topological polar surface area (TPSA) is 20.3 Å². The van der Waals surface area contributed by atoms with E-state index in [1.807, 2.05) is 0 Å². The van der Waals surface area contributed by atoms with Crippen LogP contribution >= 0.6 is 15.9 Å². The standard InChI is InChI=1S/C14H14BrF4NO/c1-8(9-2-3-9)20(7-14(17,18)19)13(21)10-4-5-11(15)12(16)6-10/h4-6,8-9H,2-3,7H2,1H3. The molecule has 0 spiro atoms. The fourth-order valence-electron chi connectivity index (χ4n) is 2.22. The van der Waals surface area contributed by atoms with Crippen LogP contribution in [0.25, 0.3) is 0 Å². The molecule has 1 aliphatic rings. The molecule has 7 heteroatoms.